The van der Waals surface area contributed by atoms with Crippen LogP contribution in [0.15, 0.2) is 28.8 Å². The maximum atomic E-state index is 12.9. The van der Waals surface area contributed by atoms with Crippen LogP contribution in [-0.2, 0) is 11.0 Å². The highest BCUT2D eigenvalue weighted by Crippen LogP contribution is 2.32. The summed E-state index contributed by atoms with van der Waals surface area (Å²) in [5.74, 6) is 0.343. The summed E-state index contributed by atoms with van der Waals surface area (Å²) < 4.78 is 44.0. The predicted octanol–water partition coefficient (Wildman–Crippen LogP) is 2.73. The molecule has 0 bridgehead atoms. The van der Waals surface area contributed by atoms with E-state index in [2.05, 4.69) is 15.0 Å². The van der Waals surface area contributed by atoms with E-state index in [1.807, 2.05) is 6.92 Å². The average Bonchev–Trinajstić information content (AvgIpc) is 3.16. The third-order valence-corrected chi connectivity index (χ3v) is 4.81. The Kier molecular flexibility index (Phi) is 7.25. The number of carbonyl (C=O) groups excluding carboxylic acids is 1. The summed E-state index contributed by atoms with van der Waals surface area (Å²) in [6.45, 7) is 5.85. The Morgan fingerprint density at radius 3 is 2.45 bits per heavy atom. The van der Waals surface area contributed by atoms with Crippen LogP contribution in [0, 0.1) is 0 Å². The van der Waals surface area contributed by atoms with Gasteiger partial charge in [-0.15, -0.1) is 12.4 Å². The van der Waals surface area contributed by atoms with Gasteiger partial charge in [0.1, 0.15) is 0 Å². The van der Waals surface area contributed by atoms with Crippen molar-refractivity contribution in [3.8, 4) is 11.4 Å². The first-order valence-electron chi connectivity index (χ1n) is 8.96. The van der Waals surface area contributed by atoms with Gasteiger partial charge in [0.15, 0.2) is 0 Å². The highest BCUT2D eigenvalue weighted by molar-refractivity contribution is 5.85. The zero-order valence-electron chi connectivity index (χ0n) is 16.0. The standard InChI is InChI=1S/C18H22F3N5O2.ClH/c1-11(22)17(27)26-8-6-25(7-9-26)12(2)16-23-15(24-28-16)13-4-3-5-14(10-13)18(19,20)21;/h3-5,10-12H,6-9,22H2,1-2H3;1H. The topological polar surface area (TPSA) is 88.5 Å². The molecule has 1 aliphatic rings. The largest absolute Gasteiger partial charge is 0.416 e. The van der Waals surface area contributed by atoms with Crippen molar-refractivity contribution in [2.24, 2.45) is 5.73 Å². The van der Waals surface area contributed by atoms with E-state index in [1.165, 1.54) is 12.1 Å². The van der Waals surface area contributed by atoms with Gasteiger partial charge in [0.25, 0.3) is 0 Å². The summed E-state index contributed by atoms with van der Waals surface area (Å²) in [5.41, 5.74) is 5.11. The monoisotopic (exact) mass is 433 g/mol. The number of hydrogen-bond donors (Lipinski definition) is 1. The van der Waals surface area contributed by atoms with Crippen molar-refractivity contribution in [1.29, 1.82) is 0 Å². The van der Waals surface area contributed by atoms with Gasteiger partial charge in [-0.05, 0) is 26.0 Å². The lowest BCUT2D eigenvalue weighted by Gasteiger charge is -2.37. The van der Waals surface area contributed by atoms with E-state index in [4.69, 9.17) is 10.3 Å². The lowest BCUT2D eigenvalue weighted by Crippen LogP contribution is -2.52. The molecule has 0 spiro atoms. The number of carbonyl (C=O) groups is 1. The number of nitrogens with two attached hydrogens (primary N) is 1. The Morgan fingerprint density at radius 1 is 1.21 bits per heavy atom. The molecule has 1 saturated heterocycles. The molecule has 11 heteroatoms. The minimum Gasteiger partial charge on any atom is -0.339 e. The Balaban J connectivity index is 0.00000300. The Labute approximate surface area is 172 Å². The molecule has 1 aromatic heterocycles. The van der Waals surface area contributed by atoms with Gasteiger partial charge < -0.3 is 15.2 Å². The molecule has 0 radical (unpaired) electrons. The first-order valence-corrected chi connectivity index (χ1v) is 8.96. The first-order chi connectivity index (χ1) is 13.2. The van der Waals surface area contributed by atoms with Gasteiger partial charge in [0, 0.05) is 31.7 Å². The minimum atomic E-state index is -4.44. The van der Waals surface area contributed by atoms with Crippen LogP contribution in [0.2, 0.25) is 0 Å². The Bertz CT molecular complexity index is 835. The van der Waals surface area contributed by atoms with Crippen molar-refractivity contribution < 1.29 is 22.5 Å². The number of piperazine rings is 1. The molecule has 2 heterocycles. The SMILES string of the molecule is CC(N)C(=O)N1CCN(C(C)c2nc(-c3cccc(C(F)(F)F)c3)no2)CC1.Cl. The number of amides is 1. The number of hydrogen-bond acceptors (Lipinski definition) is 6. The Hall–Kier alpha value is -2.17. The van der Waals surface area contributed by atoms with Crippen molar-refractivity contribution in [1.82, 2.24) is 19.9 Å². The summed E-state index contributed by atoms with van der Waals surface area (Å²) in [7, 11) is 0. The maximum Gasteiger partial charge on any atom is 0.416 e. The van der Waals surface area contributed by atoms with Crippen LogP contribution in [0.3, 0.4) is 0 Å². The molecule has 7 nitrogen and oxygen atoms in total. The molecule has 1 amide bonds. The number of benzene rings is 1. The molecule has 3 rings (SSSR count). The number of alkyl halides is 3. The fourth-order valence-electron chi connectivity index (χ4n) is 3.13. The van der Waals surface area contributed by atoms with Gasteiger partial charge in [-0.3, -0.25) is 9.69 Å². The van der Waals surface area contributed by atoms with Crippen molar-refractivity contribution in [2.45, 2.75) is 32.1 Å². The molecule has 2 atom stereocenters. The van der Waals surface area contributed by atoms with Gasteiger partial charge in [0.2, 0.25) is 17.6 Å². The molecule has 29 heavy (non-hydrogen) atoms. The third-order valence-electron chi connectivity index (χ3n) is 4.81. The number of rotatable bonds is 4. The van der Waals surface area contributed by atoms with Gasteiger partial charge in [-0.2, -0.15) is 18.2 Å². The molecule has 2 aromatic rings. The summed E-state index contributed by atoms with van der Waals surface area (Å²) in [6, 6.07) is 4.06. The maximum absolute atomic E-state index is 12.9. The Morgan fingerprint density at radius 2 is 1.86 bits per heavy atom. The van der Waals surface area contributed by atoms with Crippen molar-refractivity contribution in [2.75, 3.05) is 26.2 Å². The normalized spacial score (nSPS) is 17.5. The van der Waals surface area contributed by atoms with Crippen LogP contribution >= 0.6 is 12.4 Å². The van der Waals surface area contributed by atoms with E-state index in [0.717, 1.165) is 12.1 Å². The fourth-order valence-corrected chi connectivity index (χ4v) is 3.13. The minimum absolute atomic E-state index is 0. The first kappa shape index (κ1) is 23.1. The van der Waals surface area contributed by atoms with Crippen LogP contribution in [0.5, 0.6) is 0 Å². The molecule has 160 valence electrons. The second-order valence-electron chi connectivity index (χ2n) is 6.86. The van der Waals surface area contributed by atoms with E-state index in [9.17, 15) is 18.0 Å². The number of nitrogens with zero attached hydrogens (tertiary/aromatic N) is 4. The summed E-state index contributed by atoms with van der Waals surface area (Å²) in [5, 5.41) is 3.83. The van der Waals surface area contributed by atoms with E-state index in [-0.39, 0.29) is 35.7 Å². The predicted molar refractivity (Wildman–Crippen MR) is 102 cm³/mol. The third kappa shape index (κ3) is 5.26. The van der Waals surface area contributed by atoms with Crippen molar-refractivity contribution in [3.63, 3.8) is 0 Å². The quantitative estimate of drug-likeness (QED) is 0.797. The lowest BCUT2D eigenvalue weighted by molar-refractivity contribution is -0.137. The van der Waals surface area contributed by atoms with Crippen LogP contribution in [0.25, 0.3) is 11.4 Å². The summed E-state index contributed by atoms with van der Waals surface area (Å²) in [4.78, 5) is 20.0. The second kappa shape index (κ2) is 9.10. The van der Waals surface area contributed by atoms with Crippen LogP contribution in [0.4, 0.5) is 13.2 Å². The van der Waals surface area contributed by atoms with Gasteiger partial charge in [-0.1, -0.05) is 17.3 Å². The molecule has 1 fully saturated rings. The highest BCUT2D eigenvalue weighted by Gasteiger charge is 2.31. The molecule has 2 unspecified atom stereocenters. The summed E-state index contributed by atoms with van der Waals surface area (Å²) >= 11 is 0. The molecular formula is C18H23ClF3N5O2. The van der Waals surface area contributed by atoms with Crippen molar-refractivity contribution >= 4 is 18.3 Å². The van der Waals surface area contributed by atoms with Crippen LogP contribution in [-0.4, -0.2) is 58.1 Å². The van der Waals surface area contributed by atoms with Crippen LogP contribution in [0.1, 0.15) is 31.3 Å². The van der Waals surface area contributed by atoms with Crippen molar-refractivity contribution in [3.05, 3.63) is 35.7 Å². The fraction of sp³-hybridized carbons (Fsp3) is 0.500. The number of halogens is 4. The van der Waals surface area contributed by atoms with Gasteiger partial charge >= 0.3 is 6.18 Å². The van der Waals surface area contributed by atoms with Gasteiger partial charge in [0.05, 0.1) is 17.6 Å². The number of aromatic nitrogens is 2. The molecule has 0 aliphatic carbocycles. The zero-order valence-corrected chi connectivity index (χ0v) is 16.8. The smallest absolute Gasteiger partial charge is 0.339 e. The summed E-state index contributed by atoms with van der Waals surface area (Å²) in [6.07, 6.45) is -4.44. The molecule has 1 aromatic carbocycles. The highest BCUT2D eigenvalue weighted by atomic mass is 35.5. The van der Waals surface area contributed by atoms with Gasteiger partial charge in [-0.25, -0.2) is 0 Å². The van der Waals surface area contributed by atoms with Crippen LogP contribution < -0.4 is 5.73 Å². The molecule has 0 saturated carbocycles. The van der Waals surface area contributed by atoms with E-state index in [1.54, 1.807) is 11.8 Å². The lowest BCUT2D eigenvalue weighted by atomic mass is 10.1. The van der Waals surface area contributed by atoms with E-state index >= 15 is 0 Å². The van der Waals surface area contributed by atoms with E-state index in [0.29, 0.717) is 32.1 Å². The zero-order chi connectivity index (χ0) is 20.5. The average molecular weight is 434 g/mol. The van der Waals surface area contributed by atoms with E-state index < -0.39 is 17.8 Å². The molecule has 2 N–H and O–H groups in total. The second-order valence-corrected chi connectivity index (χ2v) is 6.86. The molecular weight excluding hydrogens is 411 g/mol. The molecule has 1 aliphatic heterocycles.